The van der Waals surface area contributed by atoms with Gasteiger partial charge in [0.2, 0.25) is 5.13 Å². The summed E-state index contributed by atoms with van der Waals surface area (Å²) in [6.07, 6.45) is 6.40. The quantitative estimate of drug-likeness (QED) is 0.902. The third-order valence-electron chi connectivity index (χ3n) is 2.83. The molecule has 0 amide bonds. The van der Waals surface area contributed by atoms with Crippen LogP contribution >= 0.6 is 11.3 Å². The van der Waals surface area contributed by atoms with Crippen molar-refractivity contribution in [2.24, 2.45) is 0 Å². The van der Waals surface area contributed by atoms with E-state index in [1.807, 2.05) is 24.0 Å². The molecule has 0 unspecified atom stereocenters. The summed E-state index contributed by atoms with van der Waals surface area (Å²) in [6, 6.07) is 0.772. The molecular weight excluding hydrogens is 234 g/mol. The van der Waals surface area contributed by atoms with Gasteiger partial charge in [0.25, 0.3) is 0 Å². The van der Waals surface area contributed by atoms with Crippen molar-refractivity contribution in [2.45, 2.75) is 38.8 Å². The van der Waals surface area contributed by atoms with E-state index in [-0.39, 0.29) is 6.04 Å². The van der Waals surface area contributed by atoms with Crippen LogP contribution in [0.3, 0.4) is 0 Å². The molecule has 0 bridgehead atoms. The zero-order valence-electron chi connectivity index (χ0n) is 9.92. The second-order valence-corrected chi connectivity index (χ2v) is 5.55. The van der Waals surface area contributed by atoms with E-state index in [0.29, 0.717) is 6.04 Å². The van der Waals surface area contributed by atoms with Gasteiger partial charge in [0.1, 0.15) is 11.0 Å². The molecular formula is C11H15N5S. The Morgan fingerprint density at radius 1 is 1.47 bits per heavy atom. The third kappa shape index (κ3) is 2.31. The lowest BCUT2D eigenvalue weighted by Gasteiger charge is -2.07. The molecule has 1 atom stereocenters. The monoisotopic (exact) mass is 249 g/mol. The van der Waals surface area contributed by atoms with E-state index >= 15 is 0 Å². The Morgan fingerprint density at radius 2 is 2.29 bits per heavy atom. The fourth-order valence-electron chi connectivity index (χ4n) is 1.62. The van der Waals surface area contributed by atoms with Crippen molar-refractivity contribution in [3.63, 3.8) is 0 Å². The first-order valence-corrected chi connectivity index (χ1v) is 6.65. The average Bonchev–Trinajstić information content (AvgIpc) is 2.83. The molecule has 0 spiro atoms. The Hall–Kier alpha value is -1.43. The van der Waals surface area contributed by atoms with Gasteiger partial charge in [0, 0.05) is 12.2 Å². The molecule has 2 aromatic heterocycles. The molecule has 2 aromatic rings. The molecule has 0 radical (unpaired) electrons. The van der Waals surface area contributed by atoms with Crippen molar-refractivity contribution in [3.05, 3.63) is 23.0 Å². The van der Waals surface area contributed by atoms with Crippen molar-refractivity contribution in [2.75, 3.05) is 5.32 Å². The van der Waals surface area contributed by atoms with Gasteiger partial charge in [-0.05, 0) is 32.3 Å². The largest absolute Gasteiger partial charge is 0.357 e. The first kappa shape index (κ1) is 10.7. The van der Waals surface area contributed by atoms with Crippen molar-refractivity contribution in [3.8, 4) is 0 Å². The van der Waals surface area contributed by atoms with E-state index in [0.717, 1.165) is 15.7 Å². The molecule has 6 heteroatoms. The van der Waals surface area contributed by atoms with Crippen molar-refractivity contribution >= 4 is 16.5 Å². The van der Waals surface area contributed by atoms with Crippen molar-refractivity contribution in [1.82, 2.24) is 20.0 Å². The van der Waals surface area contributed by atoms with E-state index in [1.165, 1.54) is 12.8 Å². The zero-order valence-corrected chi connectivity index (χ0v) is 10.7. The molecule has 1 N–H and O–H groups in total. The van der Waals surface area contributed by atoms with Crippen molar-refractivity contribution in [1.29, 1.82) is 0 Å². The van der Waals surface area contributed by atoms with Gasteiger partial charge in [0.05, 0.1) is 6.20 Å². The molecule has 1 aliphatic carbocycles. The van der Waals surface area contributed by atoms with Gasteiger partial charge < -0.3 is 5.32 Å². The Morgan fingerprint density at radius 3 is 2.94 bits per heavy atom. The summed E-state index contributed by atoms with van der Waals surface area (Å²) in [5.41, 5.74) is 1.16. The molecule has 1 saturated carbocycles. The smallest absolute Gasteiger partial charge is 0.205 e. The molecule has 0 aromatic carbocycles. The maximum absolute atomic E-state index is 4.31. The molecule has 1 fully saturated rings. The number of anilines is 1. The van der Waals surface area contributed by atoms with Crippen LogP contribution in [0.1, 0.15) is 36.4 Å². The van der Waals surface area contributed by atoms with Gasteiger partial charge in [-0.25, -0.2) is 0 Å². The van der Waals surface area contributed by atoms with Crippen LogP contribution in [-0.2, 0) is 0 Å². The standard InChI is InChI=1S/C11H15N5S/c1-7-5-12-16(6-7)8(2)10-14-15-11(17-10)13-9-3-4-9/h5-6,8-9H,3-4H2,1-2H3,(H,13,15)/t8-/m0/s1. The van der Waals surface area contributed by atoms with Gasteiger partial charge in [-0.3, -0.25) is 4.68 Å². The van der Waals surface area contributed by atoms with Gasteiger partial charge in [-0.15, -0.1) is 10.2 Å². The molecule has 0 aliphatic heterocycles. The first-order valence-electron chi connectivity index (χ1n) is 5.83. The zero-order chi connectivity index (χ0) is 11.8. The maximum atomic E-state index is 4.31. The number of rotatable bonds is 4. The topological polar surface area (TPSA) is 55.6 Å². The van der Waals surface area contributed by atoms with Gasteiger partial charge in [-0.1, -0.05) is 11.3 Å². The summed E-state index contributed by atoms with van der Waals surface area (Å²) < 4.78 is 1.93. The maximum Gasteiger partial charge on any atom is 0.205 e. The van der Waals surface area contributed by atoms with E-state index in [4.69, 9.17) is 0 Å². The molecule has 3 rings (SSSR count). The summed E-state index contributed by atoms with van der Waals surface area (Å²) in [7, 11) is 0. The normalized spacial score (nSPS) is 17.1. The predicted octanol–water partition coefficient (Wildman–Crippen LogP) is 2.23. The highest BCUT2D eigenvalue weighted by atomic mass is 32.1. The Balaban J connectivity index is 1.76. The lowest BCUT2D eigenvalue weighted by atomic mass is 10.3. The van der Waals surface area contributed by atoms with E-state index < -0.39 is 0 Å². The Kier molecular flexibility index (Phi) is 2.58. The lowest BCUT2D eigenvalue weighted by molar-refractivity contribution is 0.557. The minimum absolute atomic E-state index is 0.149. The number of hydrogen-bond acceptors (Lipinski definition) is 5. The molecule has 1 aliphatic rings. The van der Waals surface area contributed by atoms with Crippen LogP contribution in [0.25, 0.3) is 0 Å². The number of nitrogens with one attached hydrogen (secondary N) is 1. The number of hydrogen-bond donors (Lipinski definition) is 1. The molecule has 90 valence electrons. The van der Waals surface area contributed by atoms with Crippen LogP contribution in [0.2, 0.25) is 0 Å². The third-order valence-corrected chi connectivity index (χ3v) is 3.86. The number of nitrogens with zero attached hydrogens (tertiary/aromatic N) is 4. The van der Waals surface area contributed by atoms with Crippen molar-refractivity contribution < 1.29 is 0 Å². The summed E-state index contributed by atoms with van der Waals surface area (Å²) in [5, 5.41) is 18.0. The number of aryl methyl sites for hydroxylation is 1. The minimum atomic E-state index is 0.149. The summed E-state index contributed by atoms with van der Waals surface area (Å²) in [4.78, 5) is 0. The lowest BCUT2D eigenvalue weighted by Crippen LogP contribution is -2.06. The van der Waals surface area contributed by atoms with Crippen LogP contribution in [0.4, 0.5) is 5.13 Å². The highest BCUT2D eigenvalue weighted by Gasteiger charge is 2.23. The second-order valence-electron chi connectivity index (χ2n) is 4.54. The SMILES string of the molecule is Cc1cnn([C@@H](C)c2nnc(NC3CC3)s2)c1. The predicted molar refractivity (Wildman–Crippen MR) is 67.3 cm³/mol. The van der Waals surface area contributed by atoms with Gasteiger partial charge >= 0.3 is 0 Å². The fourth-order valence-corrected chi connectivity index (χ4v) is 2.49. The Bertz CT molecular complexity index is 513. The van der Waals surface area contributed by atoms with E-state index in [2.05, 4.69) is 27.5 Å². The van der Waals surface area contributed by atoms with Gasteiger partial charge in [0.15, 0.2) is 0 Å². The summed E-state index contributed by atoms with van der Waals surface area (Å²) in [5.74, 6) is 0. The highest BCUT2D eigenvalue weighted by molar-refractivity contribution is 7.15. The summed E-state index contributed by atoms with van der Waals surface area (Å²) in [6.45, 7) is 4.13. The van der Waals surface area contributed by atoms with Crippen LogP contribution in [0, 0.1) is 6.92 Å². The van der Waals surface area contributed by atoms with Crippen LogP contribution in [-0.4, -0.2) is 26.0 Å². The second kappa shape index (κ2) is 4.10. The highest BCUT2D eigenvalue weighted by Crippen LogP contribution is 2.29. The van der Waals surface area contributed by atoms with Gasteiger partial charge in [-0.2, -0.15) is 5.10 Å². The van der Waals surface area contributed by atoms with Crippen LogP contribution in [0.15, 0.2) is 12.4 Å². The van der Waals surface area contributed by atoms with E-state index in [9.17, 15) is 0 Å². The fraction of sp³-hybridized carbons (Fsp3) is 0.545. The Labute approximate surface area is 104 Å². The molecule has 17 heavy (non-hydrogen) atoms. The minimum Gasteiger partial charge on any atom is -0.357 e. The van der Waals surface area contributed by atoms with Crippen LogP contribution in [0.5, 0.6) is 0 Å². The van der Waals surface area contributed by atoms with E-state index in [1.54, 1.807) is 11.3 Å². The number of aromatic nitrogens is 4. The molecule has 0 saturated heterocycles. The first-order chi connectivity index (χ1) is 8.22. The molecule has 5 nitrogen and oxygen atoms in total. The molecule has 2 heterocycles. The summed E-state index contributed by atoms with van der Waals surface area (Å²) >= 11 is 1.62. The average molecular weight is 249 g/mol. The van der Waals surface area contributed by atoms with Crippen LogP contribution < -0.4 is 5.32 Å².